The zero-order valence-electron chi connectivity index (χ0n) is 12.4. The van der Waals surface area contributed by atoms with Gasteiger partial charge in [-0.2, -0.15) is 5.26 Å². The lowest BCUT2D eigenvalue weighted by atomic mass is 9.95. The highest BCUT2D eigenvalue weighted by atomic mass is 14.9. The Morgan fingerprint density at radius 3 is 2.90 bits per heavy atom. The molecule has 0 spiro atoms. The van der Waals surface area contributed by atoms with Gasteiger partial charge in [-0.15, -0.1) is 0 Å². The van der Waals surface area contributed by atoms with Crippen molar-refractivity contribution in [3.8, 4) is 17.2 Å². The van der Waals surface area contributed by atoms with E-state index in [-0.39, 0.29) is 0 Å². The Morgan fingerprint density at radius 2 is 2.10 bits per heavy atom. The van der Waals surface area contributed by atoms with E-state index in [4.69, 9.17) is 5.26 Å². The molecule has 1 aliphatic carbocycles. The lowest BCUT2D eigenvalue weighted by Crippen LogP contribution is -2.19. The van der Waals surface area contributed by atoms with Gasteiger partial charge < -0.3 is 5.32 Å². The summed E-state index contributed by atoms with van der Waals surface area (Å²) in [5, 5.41) is 12.7. The maximum Gasteiger partial charge on any atom is 0.0991 e. The first-order valence-corrected chi connectivity index (χ1v) is 7.69. The van der Waals surface area contributed by atoms with Crippen molar-refractivity contribution >= 4 is 0 Å². The van der Waals surface area contributed by atoms with Crippen LogP contribution in [0, 0.1) is 11.3 Å². The van der Waals surface area contributed by atoms with Crippen LogP contribution in [0.25, 0.3) is 11.1 Å². The molecule has 0 bridgehead atoms. The first-order chi connectivity index (χ1) is 10.3. The van der Waals surface area contributed by atoms with Crippen molar-refractivity contribution in [1.82, 2.24) is 5.32 Å². The highest BCUT2D eigenvalue weighted by Gasteiger charge is 2.24. The zero-order chi connectivity index (χ0) is 14.7. The largest absolute Gasteiger partial charge is 0.310 e. The Balaban J connectivity index is 1.98. The van der Waals surface area contributed by atoms with Gasteiger partial charge in [-0.1, -0.05) is 37.3 Å². The smallest absolute Gasteiger partial charge is 0.0991 e. The second kappa shape index (κ2) is 6.11. The minimum absolute atomic E-state index is 0.485. The van der Waals surface area contributed by atoms with Crippen LogP contribution in [0.1, 0.15) is 42.5 Å². The molecule has 1 aliphatic rings. The van der Waals surface area contributed by atoms with Crippen LogP contribution in [0.3, 0.4) is 0 Å². The third-order valence-corrected chi connectivity index (χ3v) is 4.21. The maximum absolute atomic E-state index is 9.08. The average Bonchev–Trinajstić information content (AvgIpc) is 2.96. The van der Waals surface area contributed by atoms with Crippen molar-refractivity contribution in [2.75, 3.05) is 6.54 Å². The second-order valence-electron chi connectivity index (χ2n) is 5.61. The van der Waals surface area contributed by atoms with Crippen molar-refractivity contribution in [2.24, 2.45) is 0 Å². The van der Waals surface area contributed by atoms with E-state index in [0.717, 1.165) is 30.5 Å². The Bertz CT molecular complexity index is 682. The molecule has 0 saturated carbocycles. The highest BCUT2D eigenvalue weighted by molar-refractivity contribution is 5.71. The summed E-state index contributed by atoms with van der Waals surface area (Å²) < 4.78 is 0. The summed E-state index contributed by atoms with van der Waals surface area (Å²) in [6.07, 6.45) is 3.45. The van der Waals surface area contributed by atoms with Crippen molar-refractivity contribution in [2.45, 2.75) is 32.2 Å². The van der Waals surface area contributed by atoms with E-state index in [0.29, 0.717) is 6.04 Å². The Kier molecular flexibility index (Phi) is 4.03. The maximum atomic E-state index is 9.08. The van der Waals surface area contributed by atoms with Crippen molar-refractivity contribution in [1.29, 1.82) is 5.26 Å². The lowest BCUT2D eigenvalue weighted by Gasteiger charge is -2.14. The third-order valence-electron chi connectivity index (χ3n) is 4.21. The summed E-state index contributed by atoms with van der Waals surface area (Å²) in [5.74, 6) is 0. The molecule has 0 heterocycles. The topological polar surface area (TPSA) is 35.8 Å². The Labute approximate surface area is 126 Å². The first-order valence-electron chi connectivity index (χ1n) is 7.69. The number of nitriles is 1. The summed E-state index contributed by atoms with van der Waals surface area (Å²) in [6, 6.07) is 17.2. The number of nitrogens with one attached hydrogen (secondary N) is 1. The second-order valence-corrected chi connectivity index (χ2v) is 5.61. The molecular weight excluding hydrogens is 256 g/mol. The van der Waals surface area contributed by atoms with Crippen LogP contribution in [0.5, 0.6) is 0 Å². The number of fused-ring (bicyclic) bond motifs is 1. The first kappa shape index (κ1) is 13.9. The van der Waals surface area contributed by atoms with Gasteiger partial charge in [0.25, 0.3) is 0 Å². The predicted molar refractivity (Wildman–Crippen MR) is 85.9 cm³/mol. The molecule has 106 valence electrons. The SMILES string of the molecule is CCCNC1CCc2c(-c3cccc(C#N)c3)cccc21. The van der Waals surface area contributed by atoms with Crippen LogP contribution in [0.15, 0.2) is 42.5 Å². The standard InChI is InChI=1S/C19H20N2/c1-2-11-21-19-10-9-17-16(7-4-8-18(17)19)15-6-3-5-14(12-15)13-20/h3-8,12,19,21H,2,9-11H2,1H3. The van der Waals surface area contributed by atoms with Crippen LogP contribution < -0.4 is 5.32 Å². The van der Waals surface area contributed by atoms with Gasteiger partial charge in [-0.25, -0.2) is 0 Å². The van der Waals surface area contributed by atoms with E-state index in [1.807, 2.05) is 18.2 Å². The van der Waals surface area contributed by atoms with Gasteiger partial charge in [-0.05, 0) is 60.2 Å². The Hall–Kier alpha value is -2.11. The zero-order valence-corrected chi connectivity index (χ0v) is 12.4. The number of hydrogen-bond acceptors (Lipinski definition) is 2. The van der Waals surface area contributed by atoms with Crippen LogP contribution in [-0.2, 0) is 6.42 Å². The lowest BCUT2D eigenvalue weighted by molar-refractivity contribution is 0.529. The fourth-order valence-corrected chi connectivity index (χ4v) is 3.21. The van der Waals surface area contributed by atoms with E-state index < -0.39 is 0 Å². The molecule has 1 N–H and O–H groups in total. The van der Waals surface area contributed by atoms with Crippen LogP contribution in [-0.4, -0.2) is 6.54 Å². The highest BCUT2D eigenvalue weighted by Crippen LogP contribution is 2.37. The molecule has 2 nitrogen and oxygen atoms in total. The minimum Gasteiger partial charge on any atom is -0.310 e. The molecule has 2 aromatic rings. The van der Waals surface area contributed by atoms with Crippen LogP contribution in [0.4, 0.5) is 0 Å². The van der Waals surface area contributed by atoms with Gasteiger partial charge >= 0.3 is 0 Å². The normalized spacial score (nSPS) is 16.5. The van der Waals surface area contributed by atoms with E-state index in [1.54, 1.807) is 0 Å². The molecule has 0 aliphatic heterocycles. The van der Waals surface area contributed by atoms with Gasteiger partial charge in [0.05, 0.1) is 11.6 Å². The molecule has 3 rings (SSSR count). The van der Waals surface area contributed by atoms with E-state index in [2.05, 4.69) is 42.6 Å². The van der Waals surface area contributed by atoms with E-state index >= 15 is 0 Å². The summed E-state index contributed by atoms with van der Waals surface area (Å²) in [4.78, 5) is 0. The number of hydrogen-bond donors (Lipinski definition) is 1. The van der Waals surface area contributed by atoms with E-state index in [9.17, 15) is 0 Å². The summed E-state index contributed by atoms with van der Waals surface area (Å²) >= 11 is 0. The van der Waals surface area contributed by atoms with Gasteiger partial charge in [0, 0.05) is 6.04 Å². The Morgan fingerprint density at radius 1 is 1.24 bits per heavy atom. The molecule has 2 aromatic carbocycles. The number of rotatable bonds is 4. The third kappa shape index (κ3) is 2.70. The summed E-state index contributed by atoms with van der Waals surface area (Å²) in [6.45, 7) is 3.27. The molecule has 0 amide bonds. The summed E-state index contributed by atoms with van der Waals surface area (Å²) in [5.41, 5.74) is 6.04. The minimum atomic E-state index is 0.485. The molecule has 2 heteroatoms. The van der Waals surface area contributed by atoms with Gasteiger partial charge in [-0.3, -0.25) is 0 Å². The van der Waals surface area contributed by atoms with Crippen molar-refractivity contribution in [3.05, 3.63) is 59.2 Å². The molecule has 21 heavy (non-hydrogen) atoms. The summed E-state index contributed by atoms with van der Waals surface area (Å²) in [7, 11) is 0. The van der Waals surface area contributed by atoms with Gasteiger partial charge in [0.1, 0.15) is 0 Å². The number of nitrogens with zero attached hydrogens (tertiary/aromatic N) is 1. The molecule has 0 saturated heterocycles. The predicted octanol–water partition coefficient (Wildman–Crippen LogP) is 4.21. The quantitative estimate of drug-likeness (QED) is 0.908. The molecular formula is C19H20N2. The molecule has 1 unspecified atom stereocenters. The van der Waals surface area contributed by atoms with Gasteiger partial charge in [0.2, 0.25) is 0 Å². The molecule has 0 radical (unpaired) electrons. The van der Waals surface area contributed by atoms with Crippen LogP contribution >= 0.6 is 0 Å². The van der Waals surface area contributed by atoms with Crippen molar-refractivity contribution < 1.29 is 0 Å². The monoisotopic (exact) mass is 276 g/mol. The van der Waals surface area contributed by atoms with Gasteiger partial charge in [0.15, 0.2) is 0 Å². The van der Waals surface area contributed by atoms with Crippen LogP contribution in [0.2, 0.25) is 0 Å². The van der Waals surface area contributed by atoms with E-state index in [1.165, 1.54) is 23.1 Å². The fraction of sp³-hybridized carbons (Fsp3) is 0.316. The molecule has 0 fully saturated rings. The average molecular weight is 276 g/mol. The fourth-order valence-electron chi connectivity index (χ4n) is 3.21. The van der Waals surface area contributed by atoms with Crippen molar-refractivity contribution in [3.63, 3.8) is 0 Å². The number of benzene rings is 2. The molecule has 1 atom stereocenters. The molecule has 0 aromatic heterocycles.